The molecule has 1 atom stereocenters. The van der Waals surface area contributed by atoms with Gasteiger partial charge in [0.05, 0.1) is 12.2 Å². The number of hydrogen-bond acceptors (Lipinski definition) is 1. The van der Waals surface area contributed by atoms with Gasteiger partial charge in [0.15, 0.2) is 0 Å². The molecule has 5 rings (SSSR count). The second kappa shape index (κ2) is 8.04. The number of nitrogens with one attached hydrogen (secondary N) is 1. The quantitative estimate of drug-likeness (QED) is 0.392. The van der Waals surface area contributed by atoms with Crippen LogP contribution in [-0.2, 0) is 6.54 Å². The van der Waals surface area contributed by atoms with Crippen molar-refractivity contribution in [2.45, 2.75) is 33.4 Å². The van der Waals surface area contributed by atoms with Crippen molar-refractivity contribution in [2.24, 2.45) is 0 Å². The Labute approximate surface area is 189 Å². The number of fused-ring (bicyclic) bond motifs is 3. The summed E-state index contributed by atoms with van der Waals surface area (Å²) in [4.78, 5) is 15.8. The average molecular weight is 422 g/mol. The first-order valence-electron chi connectivity index (χ1n) is 11.0. The Bertz CT molecular complexity index is 1300. The van der Waals surface area contributed by atoms with Gasteiger partial charge in [-0.25, -0.2) is 4.79 Å². The van der Waals surface area contributed by atoms with E-state index in [4.69, 9.17) is 0 Å². The van der Waals surface area contributed by atoms with E-state index in [0.717, 1.165) is 39.3 Å². The molecule has 0 fully saturated rings. The lowest BCUT2D eigenvalue weighted by molar-refractivity contribution is 0.194. The monoisotopic (exact) mass is 421 g/mol. The predicted octanol–water partition coefficient (Wildman–Crippen LogP) is 6.54. The van der Waals surface area contributed by atoms with Gasteiger partial charge in [-0.15, -0.1) is 0 Å². The summed E-state index contributed by atoms with van der Waals surface area (Å²) in [6.45, 7) is 6.70. The van der Waals surface area contributed by atoms with Crippen LogP contribution in [0.3, 0.4) is 0 Å². The molecule has 0 saturated heterocycles. The minimum Gasteiger partial charge on any atom is -0.318 e. The third kappa shape index (κ3) is 3.48. The van der Waals surface area contributed by atoms with Gasteiger partial charge in [0.25, 0.3) is 0 Å². The zero-order valence-corrected chi connectivity index (χ0v) is 18.7. The number of benzene rings is 3. The zero-order chi connectivity index (χ0) is 22.2. The Kier molecular flexibility index (Phi) is 5.06. The van der Waals surface area contributed by atoms with Gasteiger partial charge in [0.1, 0.15) is 6.04 Å². The first kappa shape index (κ1) is 20.1. The molecule has 2 heterocycles. The highest BCUT2D eigenvalue weighted by Crippen LogP contribution is 2.38. The number of rotatable bonds is 2. The van der Waals surface area contributed by atoms with E-state index in [1.165, 1.54) is 5.56 Å². The van der Waals surface area contributed by atoms with Crippen molar-refractivity contribution in [1.82, 2.24) is 9.47 Å². The van der Waals surface area contributed by atoms with Crippen LogP contribution in [0.4, 0.5) is 10.5 Å². The van der Waals surface area contributed by atoms with E-state index in [1.807, 2.05) is 43.0 Å². The lowest BCUT2D eigenvalue weighted by Crippen LogP contribution is -2.38. The Morgan fingerprint density at radius 2 is 1.66 bits per heavy atom. The SMILES string of the molecule is Cc1ccc(C)c(NC(=O)N2Cc3ccccc3-n3cccc3[C@H]2c2ccccc2C)c1. The highest BCUT2D eigenvalue weighted by Gasteiger charge is 2.33. The van der Waals surface area contributed by atoms with Crippen molar-refractivity contribution < 1.29 is 4.79 Å². The molecule has 0 aliphatic carbocycles. The first-order chi connectivity index (χ1) is 15.5. The molecule has 0 spiro atoms. The summed E-state index contributed by atoms with van der Waals surface area (Å²) in [5.74, 6) is 0. The number of para-hydroxylation sites is 1. The van der Waals surface area contributed by atoms with Gasteiger partial charge in [-0.1, -0.05) is 54.6 Å². The van der Waals surface area contributed by atoms with Crippen LogP contribution in [0.1, 0.15) is 39.6 Å². The molecular weight excluding hydrogens is 394 g/mol. The summed E-state index contributed by atoms with van der Waals surface area (Å²) in [5.41, 5.74) is 8.65. The van der Waals surface area contributed by atoms with E-state index in [1.54, 1.807) is 0 Å². The van der Waals surface area contributed by atoms with Crippen molar-refractivity contribution >= 4 is 11.7 Å². The number of aromatic nitrogens is 1. The van der Waals surface area contributed by atoms with Crippen molar-refractivity contribution in [3.63, 3.8) is 0 Å². The lowest BCUT2D eigenvalue weighted by Gasteiger charge is -2.32. The Balaban J connectivity index is 1.66. The topological polar surface area (TPSA) is 37.3 Å². The molecule has 1 N–H and O–H groups in total. The molecular formula is C28H27N3O. The highest BCUT2D eigenvalue weighted by atomic mass is 16.2. The number of amides is 2. The molecule has 4 aromatic rings. The van der Waals surface area contributed by atoms with Crippen molar-refractivity contribution in [3.05, 3.63) is 119 Å². The molecule has 3 aromatic carbocycles. The van der Waals surface area contributed by atoms with Gasteiger partial charge in [-0.2, -0.15) is 0 Å². The minimum atomic E-state index is -0.205. The Morgan fingerprint density at radius 1 is 0.875 bits per heavy atom. The molecule has 2 amide bonds. The number of hydrogen-bond donors (Lipinski definition) is 1. The number of anilines is 1. The molecule has 1 aliphatic heterocycles. The second-order valence-electron chi connectivity index (χ2n) is 8.57. The molecule has 32 heavy (non-hydrogen) atoms. The van der Waals surface area contributed by atoms with E-state index in [9.17, 15) is 4.79 Å². The molecule has 0 radical (unpaired) electrons. The van der Waals surface area contributed by atoms with Crippen LogP contribution in [0.25, 0.3) is 5.69 Å². The third-order valence-corrected chi connectivity index (χ3v) is 6.34. The lowest BCUT2D eigenvalue weighted by atomic mass is 9.97. The average Bonchev–Trinajstić information content (AvgIpc) is 3.21. The summed E-state index contributed by atoms with van der Waals surface area (Å²) in [6, 6.07) is 26.7. The van der Waals surface area contributed by atoms with Gasteiger partial charge >= 0.3 is 6.03 Å². The first-order valence-corrected chi connectivity index (χ1v) is 11.0. The standard InChI is InChI=1S/C28H27N3O/c1-19-14-15-21(3)24(17-19)29-28(32)31-18-22-10-5-7-12-25(22)30-16-8-13-26(30)27(31)23-11-6-4-9-20(23)2/h4-17,27H,18H2,1-3H3,(H,29,32)/t27-/m1/s1. The maximum atomic E-state index is 13.8. The van der Waals surface area contributed by atoms with Crippen LogP contribution in [0.5, 0.6) is 0 Å². The fraction of sp³-hybridized carbons (Fsp3) is 0.179. The molecule has 160 valence electrons. The maximum absolute atomic E-state index is 13.8. The normalized spacial score (nSPS) is 15.0. The van der Waals surface area contributed by atoms with E-state index < -0.39 is 0 Å². The van der Waals surface area contributed by atoms with Crippen molar-refractivity contribution in [2.75, 3.05) is 5.32 Å². The fourth-order valence-electron chi connectivity index (χ4n) is 4.62. The molecule has 0 saturated carbocycles. The van der Waals surface area contributed by atoms with E-state index in [2.05, 4.69) is 77.6 Å². The Hall–Kier alpha value is -3.79. The van der Waals surface area contributed by atoms with Crippen molar-refractivity contribution in [1.29, 1.82) is 0 Å². The third-order valence-electron chi connectivity index (χ3n) is 6.34. The molecule has 1 aliphatic rings. The summed E-state index contributed by atoms with van der Waals surface area (Å²) >= 11 is 0. The van der Waals surface area contributed by atoms with Gasteiger partial charge in [0.2, 0.25) is 0 Å². The second-order valence-corrected chi connectivity index (χ2v) is 8.57. The van der Waals surface area contributed by atoms with Crippen LogP contribution in [0.2, 0.25) is 0 Å². The Morgan fingerprint density at radius 3 is 2.50 bits per heavy atom. The van der Waals surface area contributed by atoms with E-state index in [0.29, 0.717) is 6.54 Å². The summed E-state index contributed by atoms with van der Waals surface area (Å²) in [6.07, 6.45) is 2.09. The number of carbonyl (C=O) groups is 1. The van der Waals surface area contributed by atoms with E-state index in [-0.39, 0.29) is 12.1 Å². The molecule has 4 heteroatoms. The molecule has 0 unspecified atom stereocenters. The maximum Gasteiger partial charge on any atom is 0.322 e. The van der Waals surface area contributed by atoms with Crippen LogP contribution < -0.4 is 5.32 Å². The van der Waals surface area contributed by atoms with Crippen molar-refractivity contribution in [3.8, 4) is 5.69 Å². The van der Waals surface area contributed by atoms with Gasteiger partial charge in [0, 0.05) is 17.6 Å². The fourth-order valence-corrected chi connectivity index (χ4v) is 4.62. The van der Waals surface area contributed by atoms with Gasteiger partial charge < -0.3 is 14.8 Å². The summed E-state index contributed by atoms with van der Waals surface area (Å²) in [5, 5.41) is 3.20. The van der Waals surface area contributed by atoms with Crippen LogP contribution in [0.15, 0.2) is 85.1 Å². The number of carbonyl (C=O) groups excluding carboxylic acids is 1. The minimum absolute atomic E-state index is 0.101. The number of aryl methyl sites for hydroxylation is 3. The highest BCUT2D eigenvalue weighted by molar-refractivity contribution is 5.91. The smallest absolute Gasteiger partial charge is 0.318 e. The van der Waals surface area contributed by atoms with Gasteiger partial charge in [-0.05, 0) is 72.9 Å². The van der Waals surface area contributed by atoms with Crippen LogP contribution in [0, 0.1) is 20.8 Å². The zero-order valence-electron chi connectivity index (χ0n) is 18.7. The largest absolute Gasteiger partial charge is 0.322 e. The summed E-state index contributed by atoms with van der Waals surface area (Å²) < 4.78 is 2.22. The van der Waals surface area contributed by atoms with E-state index >= 15 is 0 Å². The molecule has 4 nitrogen and oxygen atoms in total. The molecule has 0 bridgehead atoms. The van der Waals surface area contributed by atoms with Gasteiger partial charge in [-0.3, -0.25) is 0 Å². The van der Waals surface area contributed by atoms with Crippen LogP contribution >= 0.6 is 0 Å². The summed E-state index contributed by atoms with van der Waals surface area (Å²) in [7, 11) is 0. The number of urea groups is 1. The number of nitrogens with zero attached hydrogens (tertiary/aromatic N) is 2. The predicted molar refractivity (Wildman–Crippen MR) is 129 cm³/mol. The molecule has 1 aromatic heterocycles. The van der Waals surface area contributed by atoms with Crippen LogP contribution in [-0.4, -0.2) is 15.5 Å².